The first-order chi connectivity index (χ1) is 11.3. The van der Waals surface area contributed by atoms with E-state index >= 15 is 0 Å². The number of benzene rings is 1. The molecule has 1 fully saturated rings. The SMILES string of the molecule is COc1cccc(C=O)c1OCCCN1CCN(CCO)CC1. The molecule has 0 atom stereocenters. The van der Waals surface area contributed by atoms with Gasteiger partial charge in [-0.3, -0.25) is 9.69 Å². The lowest BCUT2D eigenvalue weighted by Crippen LogP contribution is -2.47. The van der Waals surface area contributed by atoms with E-state index in [2.05, 4.69) is 9.80 Å². The molecule has 6 heteroatoms. The molecule has 1 aliphatic heterocycles. The second-order valence-electron chi connectivity index (χ2n) is 5.61. The van der Waals surface area contributed by atoms with E-state index in [0.29, 0.717) is 23.7 Å². The van der Waals surface area contributed by atoms with Crippen molar-refractivity contribution in [3.8, 4) is 11.5 Å². The molecule has 1 heterocycles. The van der Waals surface area contributed by atoms with E-state index in [1.54, 1.807) is 25.3 Å². The monoisotopic (exact) mass is 322 g/mol. The highest BCUT2D eigenvalue weighted by molar-refractivity contribution is 5.81. The summed E-state index contributed by atoms with van der Waals surface area (Å²) >= 11 is 0. The zero-order valence-corrected chi connectivity index (χ0v) is 13.7. The maximum absolute atomic E-state index is 11.1. The summed E-state index contributed by atoms with van der Waals surface area (Å²) in [5.74, 6) is 1.12. The van der Waals surface area contributed by atoms with Crippen molar-refractivity contribution in [3.63, 3.8) is 0 Å². The molecule has 2 rings (SSSR count). The molecule has 0 radical (unpaired) electrons. The molecule has 1 aromatic rings. The number of aliphatic hydroxyl groups excluding tert-OH is 1. The Hall–Kier alpha value is -1.63. The van der Waals surface area contributed by atoms with Crippen LogP contribution in [0.1, 0.15) is 16.8 Å². The second-order valence-corrected chi connectivity index (χ2v) is 5.61. The molecule has 1 saturated heterocycles. The molecule has 0 aromatic heterocycles. The normalized spacial score (nSPS) is 16.3. The van der Waals surface area contributed by atoms with Gasteiger partial charge in [0.1, 0.15) is 0 Å². The van der Waals surface area contributed by atoms with Crippen molar-refractivity contribution in [1.82, 2.24) is 9.80 Å². The van der Waals surface area contributed by atoms with Crippen LogP contribution in [0, 0.1) is 0 Å². The van der Waals surface area contributed by atoms with Crippen LogP contribution in [0.25, 0.3) is 0 Å². The van der Waals surface area contributed by atoms with Crippen LogP contribution in [0.3, 0.4) is 0 Å². The molecule has 0 unspecified atom stereocenters. The smallest absolute Gasteiger partial charge is 0.171 e. The van der Waals surface area contributed by atoms with Crippen molar-refractivity contribution in [2.45, 2.75) is 6.42 Å². The van der Waals surface area contributed by atoms with Crippen LogP contribution in [-0.4, -0.2) is 80.8 Å². The molecule has 0 aliphatic carbocycles. The molecular weight excluding hydrogens is 296 g/mol. The maximum atomic E-state index is 11.1. The fourth-order valence-corrected chi connectivity index (χ4v) is 2.78. The van der Waals surface area contributed by atoms with E-state index in [1.807, 2.05) is 0 Å². The van der Waals surface area contributed by atoms with E-state index in [4.69, 9.17) is 14.6 Å². The topological polar surface area (TPSA) is 62.2 Å². The Morgan fingerprint density at radius 3 is 2.48 bits per heavy atom. The quantitative estimate of drug-likeness (QED) is 0.538. The summed E-state index contributed by atoms with van der Waals surface area (Å²) in [7, 11) is 1.57. The van der Waals surface area contributed by atoms with Gasteiger partial charge in [0.05, 0.1) is 25.9 Å². The third kappa shape index (κ3) is 5.20. The molecule has 23 heavy (non-hydrogen) atoms. The second kappa shape index (κ2) is 9.50. The standard InChI is InChI=1S/C17H26N2O4/c1-22-16-5-2-4-15(14-21)17(16)23-13-3-6-18-7-9-19(10-8-18)11-12-20/h2,4-5,14,20H,3,6-13H2,1H3. The fraction of sp³-hybridized carbons (Fsp3) is 0.588. The number of aldehydes is 1. The third-order valence-corrected chi connectivity index (χ3v) is 4.10. The maximum Gasteiger partial charge on any atom is 0.171 e. The summed E-state index contributed by atoms with van der Waals surface area (Å²) in [5, 5.41) is 8.94. The van der Waals surface area contributed by atoms with Gasteiger partial charge < -0.3 is 19.5 Å². The van der Waals surface area contributed by atoms with Gasteiger partial charge in [-0.25, -0.2) is 0 Å². The van der Waals surface area contributed by atoms with Gasteiger partial charge in [0.2, 0.25) is 0 Å². The molecule has 0 amide bonds. The number of carbonyl (C=O) groups is 1. The number of hydrogen-bond acceptors (Lipinski definition) is 6. The molecule has 1 aromatic carbocycles. The van der Waals surface area contributed by atoms with Gasteiger partial charge >= 0.3 is 0 Å². The summed E-state index contributed by atoms with van der Waals surface area (Å²) in [6, 6.07) is 5.30. The summed E-state index contributed by atoms with van der Waals surface area (Å²) in [4.78, 5) is 15.8. The lowest BCUT2D eigenvalue weighted by molar-refractivity contribution is 0.108. The number of ether oxygens (including phenoxy) is 2. The molecule has 0 spiro atoms. The third-order valence-electron chi connectivity index (χ3n) is 4.10. The number of hydrogen-bond donors (Lipinski definition) is 1. The predicted molar refractivity (Wildman–Crippen MR) is 88.5 cm³/mol. The number of methoxy groups -OCH3 is 1. The molecule has 1 aliphatic rings. The Morgan fingerprint density at radius 2 is 1.87 bits per heavy atom. The van der Waals surface area contributed by atoms with Crippen molar-refractivity contribution in [1.29, 1.82) is 0 Å². The number of piperazine rings is 1. The van der Waals surface area contributed by atoms with Crippen LogP contribution < -0.4 is 9.47 Å². The lowest BCUT2D eigenvalue weighted by atomic mass is 10.2. The van der Waals surface area contributed by atoms with Crippen LogP contribution in [0.15, 0.2) is 18.2 Å². The van der Waals surface area contributed by atoms with Crippen molar-refractivity contribution in [2.75, 3.05) is 59.6 Å². The first-order valence-electron chi connectivity index (χ1n) is 8.09. The molecule has 6 nitrogen and oxygen atoms in total. The zero-order chi connectivity index (χ0) is 16.5. The summed E-state index contributed by atoms with van der Waals surface area (Å²) in [6.45, 7) is 6.57. The van der Waals surface area contributed by atoms with E-state index in [-0.39, 0.29) is 6.61 Å². The minimum absolute atomic E-state index is 0.228. The van der Waals surface area contributed by atoms with Gasteiger partial charge in [-0.2, -0.15) is 0 Å². The Morgan fingerprint density at radius 1 is 1.17 bits per heavy atom. The number of carbonyl (C=O) groups excluding carboxylic acids is 1. The number of nitrogens with zero attached hydrogens (tertiary/aromatic N) is 2. The van der Waals surface area contributed by atoms with Crippen molar-refractivity contribution in [2.24, 2.45) is 0 Å². The molecule has 1 N–H and O–H groups in total. The fourth-order valence-electron chi connectivity index (χ4n) is 2.78. The Balaban J connectivity index is 1.73. The van der Waals surface area contributed by atoms with Crippen LogP contribution in [0.5, 0.6) is 11.5 Å². The number of β-amino-alcohol motifs (C(OH)–C–C–N with tert-alkyl or cyclic N) is 1. The van der Waals surface area contributed by atoms with Gasteiger partial charge in [-0.05, 0) is 18.6 Å². The lowest BCUT2D eigenvalue weighted by Gasteiger charge is -2.34. The summed E-state index contributed by atoms with van der Waals surface area (Å²) < 4.78 is 11.0. The van der Waals surface area contributed by atoms with Crippen molar-refractivity contribution in [3.05, 3.63) is 23.8 Å². The number of rotatable bonds is 9. The largest absolute Gasteiger partial charge is 0.493 e. The summed E-state index contributed by atoms with van der Waals surface area (Å²) in [5.41, 5.74) is 0.516. The first kappa shape index (κ1) is 17.7. The van der Waals surface area contributed by atoms with Gasteiger partial charge in [-0.15, -0.1) is 0 Å². The average molecular weight is 322 g/mol. The Kier molecular flexibility index (Phi) is 7.32. The highest BCUT2D eigenvalue weighted by atomic mass is 16.5. The summed E-state index contributed by atoms with van der Waals surface area (Å²) in [6.07, 6.45) is 1.69. The Labute approximate surface area is 137 Å². The van der Waals surface area contributed by atoms with E-state index in [9.17, 15) is 4.79 Å². The molecule has 0 saturated carbocycles. The predicted octanol–water partition coefficient (Wildman–Crippen LogP) is 0.887. The molecular formula is C17H26N2O4. The van der Waals surface area contributed by atoms with E-state index in [1.165, 1.54) is 0 Å². The minimum atomic E-state index is 0.228. The van der Waals surface area contributed by atoms with Gasteiger partial charge in [0.25, 0.3) is 0 Å². The van der Waals surface area contributed by atoms with Crippen LogP contribution >= 0.6 is 0 Å². The van der Waals surface area contributed by atoms with Gasteiger partial charge in [0, 0.05) is 39.3 Å². The molecule has 0 bridgehead atoms. The highest BCUT2D eigenvalue weighted by Gasteiger charge is 2.16. The van der Waals surface area contributed by atoms with Crippen LogP contribution in [-0.2, 0) is 0 Å². The van der Waals surface area contributed by atoms with Crippen molar-refractivity contribution < 1.29 is 19.4 Å². The van der Waals surface area contributed by atoms with Crippen LogP contribution in [0.4, 0.5) is 0 Å². The minimum Gasteiger partial charge on any atom is -0.493 e. The average Bonchev–Trinajstić information content (AvgIpc) is 2.60. The number of para-hydroxylation sites is 1. The van der Waals surface area contributed by atoms with E-state index < -0.39 is 0 Å². The number of aliphatic hydroxyl groups is 1. The van der Waals surface area contributed by atoms with Gasteiger partial charge in [-0.1, -0.05) is 6.07 Å². The first-order valence-corrected chi connectivity index (χ1v) is 8.09. The zero-order valence-electron chi connectivity index (χ0n) is 13.7. The van der Waals surface area contributed by atoms with Crippen LogP contribution in [0.2, 0.25) is 0 Å². The highest BCUT2D eigenvalue weighted by Crippen LogP contribution is 2.30. The van der Waals surface area contributed by atoms with E-state index in [0.717, 1.165) is 52.0 Å². The molecule has 128 valence electrons. The Bertz CT molecular complexity index is 487. The van der Waals surface area contributed by atoms with Gasteiger partial charge in [0.15, 0.2) is 17.8 Å². The van der Waals surface area contributed by atoms with Crippen molar-refractivity contribution >= 4 is 6.29 Å².